The van der Waals surface area contributed by atoms with E-state index in [1.165, 1.54) is 12.1 Å². The fourth-order valence-corrected chi connectivity index (χ4v) is 2.14. The van der Waals surface area contributed by atoms with Crippen LogP contribution in [0.3, 0.4) is 0 Å². The first-order valence-electron chi connectivity index (χ1n) is 5.44. The third-order valence-electron chi connectivity index (χ3n) is 2.86. The molecule has 0 atom stereocenters. The lowest BCUT2D eigenvalue weighted by molar-refractivity contribution is -0.137. The van der Waals surface area contributed by atoms with Crippen molar-refractivity contribution in [3.05, 3.63) is 35.4 Å². The van der Waals surface area contributed by atoms with Crippen LogP contribution in [0.15, 0.2) is 24.3 Å². The third kappa shape index (κ3) is 2.98. The van der Waals surface area contributed by atoms with Gasteiger partial charge in [-0.2, -0.15) is 13.2 Å². The fraction of sp³-hybridized carbons (Fsp3) is 0.500. The molecule has 2 nitrogen and oxygen atoms in total. The van der Waals surface area contributed by atoms with Crippen molar-refractivity contribution in [3.8, 4) is 0 Å². The van der Waals surface area contributed by atoms with Crippen LogP contribution in [0.4, 0.5) is 13.2 Å². The summed E-state index contributed by atoms with van der Waals surface area (Å²) in [5, 5.41) is 0. The highest BCUT2D eigenvalue weighted by atomic mass is 19.4. The van der Waals surface area contributed by atoms with Crippen LogP contribution in [-0.2, 0) is 12.7 Å². The van der Waals surface area contributed by atoms with Crippen molar-refractivity contribution in [2.24, 2.45) is 5.73 Å². The molecule has 5 heteroatoms. The second-order valence-corrected chi connectivity index (χ2v) is 4.99. The summed E-state index contributed by atoms with van der Waals surface area (Å²) in [5.74, 6) is 0. The highest BCUT2D eigenvalue weighted by Crippen LogP contribution is 2.29. The van der Waals surface area contributed by atoms with E-state index in [4.69, 9.17) is 5.73 Å². The first-order valence-corrected chi connectivity index (χ1v) is 5.44. The average Bonchev–Trinajstić information content (AvgIpc) is 2.14. The number of alkyl halides is 3. The summed E-state index contributed by atoms with van der Waals surface area (Å²) in [5.41, 5.74) is 5.99. The molecular weight excluding hydrogens is 229 g/mol. The molecule has 94 valence electrons. The Bertz CT molecular complexity index is 387. The van der Waals surface area contributed by atoms with Crippen LogP contribution in [0, 0.1) is 0 Å². The molecule has 17 heavy (non-hydrogen) atoms. The molecule has 0 spiro atoms. The molecule has 1 fully saturated rings. The molecule has 1 heterocycles. The molecular formula is C12H15F3N2. The molecule has 1 aliphatic heterocycles. The maximum atomic E-state index is 12.3. The largest absolute Gasteiger partial charge is 0.416 e. The van der Waals surface area contributed by atoms with E-state index < -0.39 is 11.7 Å². The summed E-state index contributed by atoms with van der Waals surface area (Å²) < 4.78 is 37.0. The molecule has 1 aromatic rings. The van der Waals surface area contributed by atoms with Crippen LogP contribution in [0.25, 0.3) is 0 Å². The normalized spacial score (nSPS) is 20.1. The Morgan fingerprint density at radius 1 is 1.24 bits per heavy atom. The lowest BCUT2D eigenvalue weighted by Crippen LogP contribution is -2.64. The van der Waals surface area contributed by atoms with Gasteiger partial charge in [0.1, 0.15) is 0 Å². The van der Waals surface area contributed by atoms with Gasteiger partial charge < -0.3 is 5.73 Å². The van der Waals surface area contributed by atoms with Gasteiger partial charge in [-0.3, -0.25) is 4.90 Å². The number of benzene rings is 1. The van der Waals surface area contributed by atoms with Crippen LogP contribution in [-0.4, -0.2) is 23.5 Å². The summed E-state index contributed by atoms with van der Waals surface area (Å²) in [6, 6.07) is 5.29. The Labute approximate surface area is 98.2 Å². The molecule has 1 saturated heterocycles. The van der Waals surface area contributed by atoms with Gasteiger partial charge in [-0.25, -0.2) is 0 Å². The van der Waals surface area contributed by atoms with Crippen LogP contribution >= 0.6 is 0 Å². The smallest absolute Gasteiger partial charge is 0.323 e. The number of halogens is 3. The van der Waals surface area contributed by atoms with Crippen LogP contribution in [0.5, 0.6) is 0 Å². The van der Waals surface area contributed by atoms with Crippen molar-refractivity contribution in [2.75, 3.05) is 13.1 Å². The molecule has 0 unspecified atom stereocenters. The summed E-state index contributed by atoms with van der Waals surface area (Å²) in [4.78, 5) is 2.11. The SMILES string of the molecule is CC1(N)CN(Cc2ccc(C(F)(F)F)cc2)C1. The molecule has 0 aliphatic carbocycles. The van der Waals surface area contributed by atoms with Gasteiger partial charge in [0.25, 0.3) is 0 Å². The van der Waals surface area contributed by atoms with Gasteiger partial charge in [0.2, 0.25) is 0 Å². The third-order valence-corrected chi connectivity index (χ3v) is 2.86. The number of rotatable bonds is 2. The van der Waals surface area contributed by atoms with Crippen LogP contribution in [0.2, 0.25) is 0 Å². The highest BCUT2D eigenvalue weighted by Gasteiger charge is 2.34. The van der Waals surface area contributed by atoms with Crippen molar-refractivity contribution in [3.63, 3.8) is 0 Å². The van der Waals surface area contributed by atoms with Crippen molar-refractivity contribution in [1.29, 1.82) is 0 Å². The molecule has 1 aromatic carbocycles. The molecule has 0 aromatic heterocycles. The van der Waals surface area contributed by atoms with E-state index in [0.717, 1.165) is 30.8 Å². The van der Waals surface area contributed by atoms with E-state index in [1.807, 2.05) is 6.92 Å². The zero-order chi connectivity index (χ0) is 12.7. The Kier molecular flexibility index (Phi) is 2.91. The van der Waals surface area contributed by atoms with E-state index in [9.17, 15) is 13.2 Å². The average molecular weight is 244 g/mol. The first kappa shape index (κ1) is 12.4. The van der Waals surface area contributed by atoms with Gasteiger partial charge in [0.15, 0.2) is 0 Å². The van der Waals surface area contributed by atoms with Crippen molar-refractivity contribution < 1.29 is 13.2 Å². The second-order valence-electron chi connectivity index (χ2n) is 4.99. The number of nitrogens with two attached hydrogens (primary N) is 1. The Morgan fingerprint density at radius 3 is 2.18 bits per heavy atom. The summed E-state index contributed by atoms with van der Waals surface area (Å²) in [7, 11) is 0. The fourth-order valence-electron chi connectivity index (χ4n) is 2.14. The summed E-state index contributed by atoms with van der Waals surface area (Å²) in [6.07, 6.45) is -4.26. The van der Waals surface area contributed by atoms with Crippen LogP contribution in [0.1, 0.15) is 18.1 Å². The highest BCUT2D eigenvalue weighted by molar-refractivity contribution is 5.24. The van der Waals surface area contributed by atoms with Crippen molar-refractivity contribution in [1.82, 2.24) is 4.90 Å². The minimum atomic E-state index is -4.26. The van der Waals surface area contributed by atoms with E-state index in [0.29, 0.717) is 6.54 Å². The Hall–Kier alpha value is -1.07. The lowest BCUT2D eigenvalue weighted by atomic mass is 9.93. The number of hydrogen-bond acceptors (Lipinski definition) is 2. The van der Waals surface area contributed by atoms with Gasteiger partial charge in [-0.15, -0.1) is 0 Å². The maximum absolute atomic E-state index is 12.3. The predicted octanol–water partition coefficient (Wildman–Crippen LogP) is 2.24. The molecule has 0 radical (unpaired) electrons. The zero-order valence-electron chi connectivity index (χ0n) is 9.59. The first-order chi connectivity index (χ1) is 7.76. The van der Waals surface area contributed by atoms with Crippen LogP contribution < -0.4 is 5.73 Å². The predicted molar refractivity (Wildman–Crippen MR) is 59.3 cm³/mol. The quantitative estimate of drug-likeness (QED) is 0.864. The van der Waals surface area contributed by atoms with Gasteiger partial charge in [0.05, 0.1) is 5.56 Å². The topological polar surface area (TPSA) is 29.3 Å². The number of nitrogens with zero attached hydrogens (tertiary/aromatic N) is 1. The lowest BCUT2D eigenvalue weighted by Gasteiger charge is -2.45. The number of likely N-dealkylation sites (tertiary alicyclic amines) is 1. The van der Waals surface area contributed by atoms with E-state index in [-0.39, 0.29) is 5.54 Å². The maximum Gasteiger partial charge on any atom is 0.416 e. The Morgan fingerprint density at radius 2 is 1.76 bits per heavy atom. The van der Waals surface area contributed by atoms with Crippen molar-refractivity contribution >= 4 is 0 Å². The van der Waals surface area contributed by atoms with Gasteiger partial charge in [-0.05, 0) is 24.6 Å². The van der Waals surface area contributed by atoms with Crippen molar-refractivity contribution in [2.45, 2.75) is 25.2 Å². The van der Waals surface area contributed by atoms with E-state index >= 15 is 0 Å². The van der Waals surface area contributed by atoms with Gasteiger partial charge in [-0.1, -0.05) is 12.1 Å². The molecule has 2 N–H and O–H groups in total. The second kappa shape index (κ2) is 3.99. The summed E-state index contributed by atoms with van der Waals surface area (Å²) in [6.45, 7) is 4.20. The zero-order valence-corrected chi connectivity index (χ0v) is 9.59. The monoisotopic (exact) mass is 244 g/mol. The molecule has 0 amide bonds. The summed E-state index contributed by atoms with van der Waals surface area (Å²) >= 11 is 0. The molecule has 2 rings (SSSR count). The number of hydrogen-bond donors (Lipinski definition) is 1. The minimum absolute atomic E-state index is 0.147. The van der Waals surface area contributed by atoms with Gasteiger partial charge >= 0.3 is 6.18 Å². The minimum Gasteiger partial charge on any atom is -0.323 e. The van der Waals surface area contributed by atoms with E-state index in [2.05, 4.69) is 4.90 Å². The standard InChI is InChI=1S/C12H15F3N2/c1-11(16)7-17(8-11)6-9-2-4-10(5-3-9)12(13,14)15/h2-5H,6-8,16H2,1H3. The molecule has 0 saturated carbocycles. The van der Waals surface area contributed by atoms with Gasteiger partial charge in [0, 0.05) is 25.2 Å². The molecule has 1 aliphatic rings. The molecule has 0 bridgehead atoms. The van der Waals surface area contributed by atoms with E-state index in [1.54, 1.807) is 0 Å². The Balaban J connectivity index is 1.96.